The fraction of sp³-hybridized carbons (Fsp3) is 0.348. The topological polar surface area (TPSA) is 99.3 Å². The summed E-state index contributed by atoms with van der Waals surface area (Å²) in [4.78, 5) is 36.5. The minimum absolute atomic E-state index is 0.0403. The highest BCUT2D eigenvalue weighted by atomic mass is 16.2. The zero-order valence-electron chi connectivity index (χ0n) is 18.0. The molecule has 0 saturated carbocycles. The normalized spacial score (nSPS) is 10.8. The van der Waals surface area contributed by atoms with Gasteiger partial charge in [0.1, 0.15) is 0 Å². The minimum Gasteiger partial charge on any atom is -0.376 e. The van der Waals surface area contributed by atoms with Gasteiger partial charge in [-0.15, -0.1) is 0 Å². The molecule has 0 aliphatic carbocycles. The Morgan fingerprint density at radius 3 is 2.17 bits per heavy atom. The lowest BCUT2D eigenvalue weighted by Gasteiger charge is -2.18. The Bertz CT molecular complexity index is 903. The van der Waals surface area contributed by atoms with Crippen LogP contribution in [0.2, 0.25) is 0 Å². The van der Waals surface area contributed by atoms with Gasteiger partial charge in [0, 0.05) is 34.6 Å². The van der Waals surface area contributed by atoms with Crippen LogP contribution in [0.3, 0.4) is 0 Å². The predicted octanol–water partition coefficient (Wildman–Crippen LogP) is 3.86. The molecule has 4 N–H and O–H groups in total. The number of hydrogen-bond donors (Lipinski definition) is 4. The van der Waals surface area contributed by atoms with Crippen molar-refractivity contribution < 1.29 is 14.4 Å². The van der Waals surface area contributed by atoms with Crippen LogP contribution in [-0.2, 0) is 9.59 Å². The first-order valence-electron chi connectivity index (χ1n) is 10.0. The number of anilines is 3. The molecule has 2 aromatic carbocycles. The Morgan fingerprint density at radius 1 is 0.867 bits per heavy atom. The van der Waals surface area contributed by atoms with Gasteiger partial charge in [-0.3, -0.25) is 14.4 Å². The molecule has 7 heteroatoms. The molecule has 160 valence electrons. The summed E-state index contributed by atoms with van der Waals surface area (Å²) in [7, 11) is 0. The summed E-state index contributed by atoms with van der Waals surface area (Å²) < 4.78 is 0. The molecule has 0 bridgehead atoms. The van der Waals surface area contributed by atoms with Crippen molar-refractivity contribution >= 4 is 34.8 Å². The number of nitrogens with one attached hydrogen (secondary N) is 4. The standard InChI is InChI=1S/C23H30N4O3/c1-5-12-24-21(29)16-8-6-9-17(13-16)25-15-20(28)26-18-10-7-11-19(14-18)27-22(30)23(2,3)4/h6-11,13-14,25H,5,12,15H2,1-4H3,(H,24,29)(H,26,28)(H,27,30). The molecule has 0 spiro atoms. The third-order valence-corrected chi connectivity index (χ3v) is 4.20. The van der Waals surface area contributed by atoms with Gasteiger partial charge in [-0.25, -0.2) is 0 Å². The van der Waals surface area contributed by atoms with Gasteiger partial charge in [-0.2, -0.15) is 0 Å². The first-order valence-corrected chi connectivity index (χ1v) is 10.0. The zero-order valence-corrected chi connectivity index (χ0v) is 18.0. The van der Waals surface area contributed by atoms with E-state index in [0.717, 1.165) is 6.42 Å². The number of carbonyl (C=O) groups is 3. The summed E-state index contributed by atoms with van der Waals surface area (Å²) in [6, 6.07) is 14.0. The van der Waals surface area contributed by atoms with Crippen molar-refractivity contribution in [1.29, 1.82) is 0 Å². The molecule has 0 radical (unpaired) electrons. The van der Waals surface area contributed by atoms with E-state index in [0.29, 0.717) is 29.2 Å². The Hall–Kier alpha value is -3.35. The highest BCUT2D eigenvalue weighted by molar-refractivity contribution is 5.98. The maximum atomic E-state index is 12.3. The van der Waals surface area contributed by atoms with Gasteiger partial charge >= 0.3 is 0 Å². The summed E-state index contributed by atoms with van der Waals surface area (Å²) in [5, 5.41) is 11.5. The van der Waals surface area contributed by atoms with E-state index in [4.69, 9.17) is 0 Å². The minimum atomic E-state index is -0.509. The number of carbonyl (C=O) groups excluding carboxylic acids is 3. The quantitative estimate of drug-likeness (QED) is 0.531. The molecule has 7 nitrogen and oxygen atoms in total. The zero-order chi connectivity index (χ0) is 22.1. The second-order valence-electron chi connectivity index (χ2n) is 8.02. The van der Waals surface area contributed by atoms with Crippen LogP contribution in [0.4, 0.5) is 17.1 Å². The molecule has 3 amide bonds. The molecular formula is C23H30N4O3. The maximum Gasteiger partial charge on any atom is 0.251 e. The molecule has 0 heterocycles. The van der Waals surface area contributed by atoms with E-state index in [-0.39, 0.29) is 24.3 Å². The van der Waals surface area contributed by atoms with Crippen LogP contribution in [0.25, 0.3) is 0 Å². The van der Waals surface area contributed by atoms with E-state index in [1.165, 1.54) is 0 Å². The van der Waals surface area contributed by atoms with Gasteiger partial charge < -0.3 is 21.3 Å². The summed E-state index contributed by atoms with van der Waals surface area (Å²) in [6.07, 6.45) is 0.866. The molecule has 0 atom stereocenters. The monoisotopic (exact) mass is 410 g/mol. The second-order valence-corrected chi connectivity index (χ2v) is 8.02. The fourth-order valence-corrected chi connectivity index (χ4v) is 2.49. The lowest BCUT2D eigenvalue weighted by molar-refractivity contribution is -0.123. The molecule has 0 aromatic heterocycles. The molecule has 0 saturated heterocycles. The van der Waals surface area contributed by atoms with Crippen molar-refractivity contribution in [2.45, 2.75) is 34.1 Å². The smallest absolute Gasteiger partial charge is 0.251 e. The Labute approximate surface area is 177 Å². The molecule has 0 aliphatic heterocycles. The van der Waals surface area contributed by atoms with Crippen molar-refractivity contribution in [2.24, 2.45) is 5.41 Å². The molecule has 0 fully saturated rings. The van der Waals surface area contributed by atoms with Crippen molar-refractivity contribution in [3.8, 4) is 0 Å². The van der Waals surface area contributed by atoms with Gasteiger partial charge in [-0.1, -0.05) is 39.8 Å². The maximum absolute atomic E-state index is 12.3. The van der Waals surface area contributed by atoms with Crippen LogP contribution >= 0.6 is 0 Å². The van der Waals surface area contributed by atoms with Gasteiger partial charge in [0.2, 0.25) is 11.8 Å². The van der Waals surface area contributed by atoms with Crippen molar-refractivity contribution in [1.82, 2.24) is 5.32 Å². The van der Waals surface area contributed by atoms with Gasteiger partial charge in [-0.05, 0) is 42.8 Å². The third-order valence-electron chi connectivity index (χ3n) is 4.20. The van der Waals surface area contributed by atoms with E-state index < -0.39 is 5.41 Å². The van der Waals surface area contributed by atoms with E-state index in [9.17, 15) is 14.4 Å². The summed E-state index contributed by atoms with van der Waals surface area (Å²) in [5.41, 5.74) is 1.91. The molecule has 30 heavy (non-hydrogen) atoms. The summed E-state index contributed by atoms with van der Waals surface area (Å²) in [5.74, 6) is -0.482. The van der Waals surface area contributed by atoms with E-state index >= 15 is 0 Å². The number of benzene rings is 2. The van der Waals surface area contributed by atoms with Crippen LogP contribution in [0, 0.1) is 5.41 Å². The summed E-state index contributed by atoms with van der Waals surface area (Å²) in [6.45, 7) is 8.16. The predicted molar refractivity (Wildman–Crippen MR) is 121 cm³/mol. The van der Waals surface area contributed by atoms with Gasteiger partial charge in [0.05, 0.1) is 6.54 Å². The van der Waals surface area contributed by atoms with Gasteiger partial charge in [0.25, 0.3) is 5.91 Å². The van der Waals surface area contributed by atoms with E-state index in [1.54, 1.807) is 48.5 Å². The van der Waals surface area contributed by atoms with Crippen molar-refractivity contribution in [3.05, 3.63) is 54.1 Å². The van der Waals surface area contributed by atoms with Crippen LogP contribution in [0.1, 0.15) is 44.5 Å². The lowest BCUT2D eigenvalue weighted by Crippen LogP contribution is -2.27. The second kappa shape index (κ2) is 10.4. The average Bonchev–Trinajstić information content (AvgIpc) is 2.70. The molecular weight excluding hydrogens is 380 g/mol. The van der Waals surface area contributed by atoms with Crippen LogP contribution in [0.15, 0.2) is 48.5 Å². The lowest BCUT2D eigenvalue weighted by atomic mass is 9.95. The molecule has 2 rings (SSSR count). The highest BCUT2D eigenvalue weighted by Crippen LogP contribution is 2.20. The van der Waals surface area contributed by atoms with Crippen molar-refractivity contribution in [3.63, 3.8) is 0 Å². The molecule has 2 aromatic rings. The third kappa shape index (κ3) is 7.24. The van der Waals surface area contributed by atoms with E-state index in [1.807, 2.05) is 27.7 Å². The number of hydrogen-bond acceptors (Lipinski definition) is 4. The fourth-order valence-electron chi connectivity index (χ4n) is 2.49. The Balaban J connectivity index is 1.92. The van der Waals surface area contributed by atoms with E-state index in [2.05, 4.69) is 21.3 Å². The average molecular weight is 411 g/mol. The van der Waals surface area contributed by atoms with Crippen molar-refractivity contribution in [2.75, 3.05) is 29.0 Å². The van der Waals surface area contributed by atoms with Crippen LogP contribution in [0.5, 0.6) is 0 Å². The number of rotatable bonds is 8. The SMILES string of the molecule is CCCNC(=O)c1cccc(NCC(=O)Nc2cccc(NC(=O)C(C)(C)C)c2)c1. The molecule has 0 aliphatic rings. The van der Waals surface area contributed by atoms with Crippen LogP contribution in [-0.4, -0.2) is 30.8 Å². The number of amides is 3. The Kier molecular flexibility index (Phi) is 7.98. The Morgan fingerprint density at radius 2 is 1.50 bits per heavy atom. The largest absolute Gasteiger partial charge is 0.376 e. The summed E-state index contributed by atoms with van der Waals surface area (Å²) >= 11 is 0. The highest BCUT2D eigenvalue weighted by Gasteiger charge is 2.21. The first kappa shape index (κ1) is 22.9. The van der Waals surface area contributed by atoms with Crippen LogP contribution < -0.4 is 21.3 Å². The molecule has 0 unspecified atom stereocenters. The first-order chi connectivity index (χ1) is 14.2. The van der Waals surface area contributed by atoms with Gasteiger partial charge in [0.15, 0.2) is 0 Å².